The lowest BCUT2D eigenvalue weighted by molar-refractivity contribution is -0.120. The van der Waals surface area contributed by atoms with Crippen molar-refractivity contribution in [1.82, 2.24) is 19.8 Å². The number of rotatable bonds is 6. The van der Waals surface area contributed by atoms with Gasteiger partial charge in [0.25, 0.3) is 0 Å². The Morgan fingerprint density at radius 3 is 2.84 bits per heavy atom. The monoisotopic (exact) mass is 278 g/mol. The summed E-state index contributed by atoms with van der Waals surface area (Å²) in [4.78, 5) is 18.2. The molecule has 2 aromatic rings. The number of aromatic nitrogens is 2. The summed E-state index contributed by atoms with van der Waals surface area (Å²) in [7, 11) is 3.96. The van der Waals surface area contributed by atoms with Gasteiger partial charge in [0.05, 0.1) is 12.1 Å². The lowest BCUT2D eigenvalue weighted by atomic mass is 10.3. The van der Waals surface area contributed by atoms with E-state index in [-0.39, 0.29) is 5.91 Å². The topological polar surface area (TPSA) is 50.2 Å². The molecule has 102 valence electrons. The molecule has 0 bridgehead atoms. The molecule has 1 N–H and O–H groups in total. The van der Waals surface area contributed by atoms with Gasteiger partial charge in [-0.3, -0.25) is 4.79 Å². The van der Waals surface area contributed by atoms with Crippen LogP contribution in [0, 0.1) is 0 Å². The Hall–Kier alpha value is -1.66. The number of hydrogen-bond donors (Lipinski definition) is 1. The highest BCUT2D eigenvalue weighted by Gasteiger charge is 2.08. The molecule has 2 rings (SSSR count). The van der Waals surface area contributed by atoms with Crippen LogP contribution in [-0.2, 0) is 11.2 Å². The third kappa shape index (κ3) is 4.18. The quantitative estimate of drug-likeness (QED) is 0.862. The average Bonchev–Trinajstić information content (AvgIpc) is 2.97. The molecule has 0 atom stereocenters. The molecule has 0 saturated heterocycles. The molecule has 5 nitrogen and oxygen atoms in total. The fourth-order valence-electron chi connectivity index (χ4n) is 1.60. The number of carbonyl (C=O) groups is 1. The van der Waals surface area contributed by atoms with Gasteiger partial charge in [-0.05, 0) is 26.2 Å². The van der Waals surface area contributed by atoms with Gasteiger partial charge in [-0.2, -0.15) is 0 Å². The number of hydrogen-bond acceptors (Lipinski definition) is 4. The number of likely N-dealkylation sites (N-methyl/N-ethyl adjacent to an activating group) is 1. The van der Waals surface area contributed by atoms with Gasteiger partial charge in [-0.1, -0.05) is 0 Å². The summed E-state index contributed by atoms with van der Waals surface area (Å²) in [5, 5.41) is 5.71. The lowest BCUT2D eigenvalue weighted by Gasteiger charge is -2.09. The number of amides is 1. The zero-order valence-electron chi connectivity index (χ0n) is 11.2. The third-order valence-corrected chi connectivity index (χ3v) is 3.49. The van der Waals surface area contributed by atoms with Crippen LogP contribution in [0.3, 0.4) is 0 Å². The molecule has 0 aliphatic rings. The molecule has 1 amide bonds. The largest absolute Gasteiger partial charge is 0.354 e. The molecule has 0 fully saturated rings. The summed E-state index contributed by atoms with van der Waals surface area (Å²) in [6.45, 7) is 1.51. The molecular weight excluding hydrogens is 260 g/mol. The first-order valence-corrected chi connectivity index (χ1v) is 7.02. The normalized spacial score (nSPS) is 10.9. The van der Waals surface area contributed by atoms with Gasteiger partial charge in [0.1, 0.15) is 0 Å². The van der Waals surface area contributed by atoms with Crippen molar-refractivity contribution in [1.29, 1.82) is 0 Å². The van der Waals surface area contributed by atoms with Crippen molar-refractivity contribution in [3.8, 4) is 5.13 Å². The predicted octanol–water partition coefficient (Wildman–Crippen LogP) is 1.15. The van der Waals surface area contributed by atoms with Crippen LogP contribution in [0.4, 0.5) is 0 Å². The van der Waals surface area contributed by atoms with Crippen molar-refractivity contribution in [2.75, 3.05) is 27.2 Å². The SMILES string of the molecule is CN(C)CCNC(=O)Cc1csc(-n2cccc2)n1. The highest BCUT2D eigenvalue weighted by Crippen LogP contribution is 2.15. The summed E-state index contributed by atoms with van der Waals surface area (Å²) in [5.41, 5.74) is 0.816. The van der Waals surface area contributed by atoms with Gasteiger partial charge >= 0.3 is 0 Å². The Kier molecular flexibility index (Phi) is 4.70. The molecule has 19 heavy (non-hydrogen) atoms. The maximum atomic E-state index is 11.7. The highest BCUT2D eigenvalue weighted by atomic mass is 32.1. The van der Waals surface area contributed by atoms with Gasteiger partial charge in [-0.25, -0.2) is 4.98 Å². The Bertz CT molecular complexity index is 518. The van der Waals surface area contributed by atoms with E-state index in [0.29, 0.717) is 13.0 Å². The maximum Gasteiger partial charge on any atom is 0.226 e. The summed E-state index contributed by atoms with van der Waals surface area (Å²) in [5.74, 6) is 0.0196. The summed E-state index contributed by atoms with van der Waals surface area (Å²) < 4.78 is 1.94. The van der Waals surface area contributed by atoms with E-state index in [1.54, 1.807) is 11.3 Å². The second-order valence-corrected chi connectivity index (χ2v) is 5.38. The summed E-state index contributed by atoms with van der Waals surface area (Å²) in [6.07, 6.45) is 4.23. The first kappa shape index (κ1) is 13.8. The van der Waals surface area contributed by atoms with Crippen LogP contribution in [0.2, 0.25) is 0 Å². The van der Waals surface area contributed by atoms with E-state index < -0.39 is 0 Å². The van der Waals surface area contributed by atoms with Crippen LogP contribution in [0.1, 0.15) is 5.69 Å². The Balaban J connectivity index is 1.84. The second kappa shape index (κ2) is 6.49. The van der Waals surface area contributed by atoms with E-state index in [0.717, 1.165) is 17.4 Å². The molecule has 0 radical (unpaired) electrons. The van der Waals surface area contributed by atoms with Crippen LogP contribution in [0.5, 0.6) is 0 Å². The number of nitrogens with zero attached hydrogens (tertiary/aromatic N) is 3. The van der Waals surface area contributed by atoms with E-state index in [9.17, 15) is 4.79 Å². The molecule has 0 saturated carbocycles. The van der Waals surface area contributed by atoms with Crippen molar-refractivity contribution in [2.45, 2.75) is 6.42 Å². The van der Waals surface area contributed by atoms with Crippen molar-refractivity contribution in [3.05, 3.63) is 35.6 Å². The number of nitrogens with one attached hydrogen (secondary N) is 1. The van der Waals surface area contributed by atoms with Gasteiger partial charge in [0, 0.05) is 30.9 Å². The fraction of sp³-hybridized carbons (Fsp3) is 0.385. The van der Waals surface area contributed by atoms with Crippen LogP contribution in [0.25, 0.3) is 5.13 Å². The number of thiazole rings is 1. The molecular formula is C13H18N4OS. The average molecular weight is 278 g/mol. The summed E-state index contributed by atoms with van der Waals surface area (Å²) >= 11 is 1.54. The maximum absolute atomic E-state index is 11.7. The molecule has 2 aromatic heterocycles. The van der Waals surface area contributed by atoms with Crippen LogP contribution in [-0.4, -0.2) is 47.5 Å². The molecule has 2 heterocycles. The van der Waals surface area contributed by atoms with E-state index in [1.165, 1.54) is 0 Å². The smallest absolute Gasteiger partial charge is 0.226 e. The Morgan fingerprint density at radius 2 is 2.16 bits per heavy atom. The van der Waals surface area contributed by atoms with Gasteiger partial charge in [0.15, 0.2) is 5.13 Å². The molecule has 0 spiro atoms. The molecule has 0 aromatic carbocycles. The zero-order chi connectivity index (χ0) is 13.7. The van der Waals surface area contributed by atoms with Gasteiger partial charge in [-0.15, -0.1) is 11.3 Å². The van der Waals surface area contributed by atoms with Crippen molar-refractivity contribution in [3.63, 3.8) is 0 Å². The standard InChI is InChI=1S/C13H18N4OS/c1-16(2)8-5-14-12(18)9-11-10-19-13(15-11)17-6-3-4-7-17/h3-4,6-7,10H,5,8-9H2,1-2H3,(H,14,18). The zero-order valence-corrected chi connectivity index (χ0v) is 12.0. The van der Waals surface area contributed by atoms with Crippen molar-refractivity contribution < 1.29 is 4.79 Å². The number of carbonyl (C=O) groups excluding carboxylic acids is 1. The molecule has 6 heteroatoms. The predicted molar refractivity (Wildman–Crippen MR) is 76.7 cm³/mol. The van der Waals surface area contributed by atoms with Crippen LogP contribution in [0.15, 0.2) is 29.9 Å². The Labute approximate surface area is 116 Å². The minimum Gasteiger partial charge on any atom is -0.354 e. The van der Waals surface area contributed by atoms with E-state index in [2.05, 4.69) is 10.3 Å². The minimum absolute atomic E-state index is 0.0196. The van der Waals surface area contributed by atoms with Crippen molar-refractivity contribution >= 4 is 17.2 Å². The first-order chi connectivity index (χ1) is 9.15. The minimum atomic E-state index is 0.0196. The second-order valence-electron chi connectivity index (χ2n) is 4.54. The van der Waals surface area contributed by atoms with Crippen LogP contribution < -0.4 is 5.32 Å². The van der Waals surface area contributed by atoms with E-state index in [4.69, 9.17) is 0 Å². The van der Waals surface area contributed by atoms with Gasteiger partial charge in [0.2, 0.25) is 5.91 Å². The third-order valence-electron chi connectivity index (χ3n) is 2.59. The molecule has 0 unspecified atom stereocenters. The van der Waals surface area contributed by atoms with E-state index >= 15 is 0 Å². The van der Waals surface area contributed by atoms with Crippen LogP contribution >= 0.6 is 11.3 Å². The summed E-state index contributed by atoms with van der Waals surface area (Å²) in [6, 6.07) is 3.91. The molecule has 0 aliphatic carbocycles. The highest BCUT2D eigenvalue weighted by molar-refractivity contribution is 7.12. The first-order valence-electron chi connectivity index (χ1n) is 6.14. The van der Waals surface area contributed by atoms with Crippen molar-refractivity contribution in [2.24, 2.45) is 0 Å². The lowest BCUT2D eigenvalue weighted by Crippen LogP contribution is -2.32. The Morgan fingerprint density at radius 1 is 1.42 bits per heavy atom. The van der Waals surface area contributed by atoms with E-state index in [1.807, 2.05) is 53.5 Å². The van der Waals surface area contributed by atoms with Gasteiger partial charge < -0.3 is 14.8 Å². The fourth-order valence-corrected chi connectivity index (χ4v) is 2.39. The molecule has 0 aliphatic heterocycles.